The summed E-state index contributed by atoms with van der Waals surface area (Å²) in [6.45, 7) is 3.93. The van der Waals surface area contributed by atoms with E-state index in [4.69, 9.17) is 0 Å². The molecule has 0 spiro atoms. The Morgan fingerprint density at radius 1 is 0.926 bits per heavy atom. The Labute approximate surface area is 160 Å². The predicted molar refractivity (Wildman–Crippen MR) is 113 cm³/mol. The molecule has 0 aromatic heterocycles. The van der Waals surface area contributed by atoms with Gasteiger partial charge in [-0.1, -0.05) is 60.7 Å². The largest absolute Gasteiger partial charge is 0.256 e. The fourth-order valence-electron chi connectivity index (χ4n) is 2.92. The molecule has 0 saturated carbocycles. The Kier molecular flexibility index (Phi) is 6.32. The summed E-state index contributed by atoms with van der Waals surface area (Å²) in [4.78, 5) is 4.52. The molecule has 0 aliphatic carbocycles. The molecule has 27 heavy (non-hydrogen) atoms. The minimum atomic E-state index is -0.194. The lowest BCUT2D eigenvalue weighted by atomic mass is 10.0. The molecule has 3 aromatic rings. The van der Waals surface area contributed by atoms with Crippen LogP contribution in [-0.4, -0.2) is 6.21 Å². The number of nitrogens with zero attached hydrogens (tertiary/aromatic N) is 1. The fraction of sp³-hybridized carbons (Fsp3) is 0.160. The van der Waals surface area contributed by atoms with Crippen LogP contribution in [0.2, 0.25) is 0 Å². The first-order valence-corrected chi connectivity index (χ1v) is 9.26. The monoisotopic (exact) mass is 357 g/mol. The summed E-state index contributed by atoms with van der Waals surface area (Å²) in [5.74, 6) is -0.194. The van der Waals surface area contributed by atoms with Crippen LogP contribution in [-0.2, 0) is 6.42 Å². The molecule has 0 heterocycles. The minimum Gasteiger partial charge on any atom is -0.256 e. The highest BCUT2D eigenvalue weighted by Gasteiger charge is 2.04. The summed E-state index contributed by atoms with van der Waals surface area (Å²) in [6, 6.07) is 21.4. The van der Waals surface area contributed by atoms with E-state index >= 15 is 0 Å². The molecule has 0 amide bonds. The van der Waals surface area contributed by atoms with Crippen molar-refractivity contribution in [2.24, 2.45) is 4.99 Å². The molecule has 0 aliphatic heterocycles. The van der Waals surface area contributed by atoms with E-state index in [0.29, 0.717) is 5.56 Å². The van der Waals surface area contributed by atoms with Gasteiger partial charge in [0.05, 0.1) is 5.69 Å². The third kappa shape index (κ3) is 5.24. The topological polar surface area (TPSA) is 12.4 Å². The van der Waals surface area contributed by atoms with Gasteiger partial charge in [-0.15, -0.1) is 0 Å². The van der Waals surface area contributed by atoms with Crippen molar-refractivity contribution in [3.05, 3.63) is 101 Å². The second-order valence-electron chi connectivity index (χ2n) is 6.64. The van der Waals surface area contributed by atoms with Gasteiger partial charge in [-0.2, -0.15) is 0 Å². The van der Waals surface area contributed by atoms with Gasteiger partial charge >= 0.3 is 0 Å². The SMILES string of the molecule is C/C=C/CCc1ccc(C=Nc2ccc(-c3ccc(C)cc3F)cc2)cc1. The van der Waals surface area contributed by atoms with Crippen molar-refractivity contribution in [3.63, 3.8) is 0 Å². The normalized spacial score (nSPS) is 11.5. The van der Waals surface area contributed by atoms with Gasteiger partial charge < -0.3 is 0 Å². The van der Waals surface area contributed by atoms with Gasteiger partial charge in [-0.05, 0) is 67.1 Å². The molecule has 2 heteroatoms. The molecule has 0 N–H and O–H groups in total. The van der Waals surface area contributed by atoms with Crippen LogP contribution in [0.15, 0.2) is 83.9 Å². The van der Waals surface area contributed by atoms with Gasteiger partial charge in [-0.3, -0.25) is 4.99 Å². The first-order chi connectivity index (χ1) is 13.2. The zero-order chi connectivity index (χ0) is 19.1. The first-order valence-electron chi connectivity index (χ1n) is 9.26. The van der Waals surface area contributed by atoms with Gasteiger partial charge in [-0.25, -0.2) is 4.39 Å². The molecular weight excluding hydrogens is 333 g/mol. The van der Waals surface area contributed by atoms with Crippen molar-refractivity contribution in [2.45, 2.75) is 26.7 Å². The summed E-state index contributed by atoms with van der Waals surface area (Å²) in [5.41, 5.74) is 5.64. The van der Waals surface area contributed by atoms with Crippen LogP contribution in [0.3, 0.4) is 0 Å². The third-order valence-electron chi connectivity index (χ3n) is 4.48. The zero-order valence-electron chi connectivity index (χ0n) is 15.8. The van der Waals surface area contributed by atoms with E-state index < -0.39 is 0 Å². The van der Waals surface area contributed by atoms with Crippen molar-refractivity contribution in [2.75, 3.05) is 0 Å². The number of aliphatic imine (C=N–C) groups is 1. The van der Waals surface area contributed by atoms with E-state index in [2.05, 4.69) is 41.4 Å². The van der Waals surface area contributed by atoms with E-state index in [0.717, 1.165) is 35.2 Å². The van der Waals surface area contributed by atoms with E-state index in [1.54, 1.807) is 6.07 Å². The molecule has 0 bridgehead atoms. The Hall–Kier alpha value is -3.00. The van der Waals surface area contributed by atoms with Gasteiger partial charge in [0, 0.05) is 11.8 Å². The highest BCUT2D eigenvalue weighted by atomic mass is 19.1. The minimum absolute atomic E-state index is 0.194. The first kappa shape index (κ1) is 18.8. The molecular formula is C25H24FN. The lowest BCUT2D eigenvalue weighted by Gasteiger charge is -2.05. The number of rotatable bonds is 6. The number of benzene rings is 3. The number of hydrogen-bond acceptors (Lipinski definition) is 1. The predicted octanol–water partition coefficient (Wildman–Crippen LogP) is 7.06. The second kappa shape index (κ2) is 9.09. The van der Waals surface area contributed by atoms with E-state index in [-0.39, 0.29) is 5.82 Å². The summed E-state index contributed by atoms with van der Waals surface area (Å²) in [6.07, 6.45) is 8.24. The maximum atomic E-state index is 14.1. The van der Waals surface area contributed by atoms with Crippen LogP contribution in [0.1, 0.15) is 30.0 Å². The van der Waals surface area contributed by atoms with Crippen molar-refractivity contribution in [1.82, 2.24) is 0 Å². The van der Waals surface area contributed by atoms with Crippen LogP contribution in [0, 0.1) is 12.7 Å². The molecule has 0 unspecified atom stereocenters. The highest BCUT2D eigenvalue weighted by Crippen LogP contribution is 2.25. The third-order valence-corrected chi connectivity index (χ3v) is 4.48. The number of hydrogen-bond donors (Lipinski definition) is 0. The molecule has 0 atom stereocenters. The molecule has 0 saturated heterocycles. The summed E-state index contributed by atoms with van der Waals surface area (Å²) >= 11 is 0. The van der Waals surface area contributed by atoms with Gasteiger partial charge in [0.2, 0.25) is 0 Å². The number of aryl methyl sites for hydroxylation is 2. The summed E-state index contributed by atoms with van der Waals surface area (Å²) in [7, 11) is 0. The Balaban J connectivity index is 1.67. The zero-order valence-corrected chi connectivity index (χ0v) is 15.8. The molecule has 0 aliphatic rings. The van der Waals surface area contributed by atoms with Crippen LogP contribution >= 0.6 is 0 Å². The van der Waals surface area contributed by atoms with Crippen LogP contribution < -0.4 is 0 Å². The second-order valence-corrected chi connectivity index (χ2v) is 6.64. The average molecular weight is 357 g/mol. The Morgan fingerprint density at radius 3 is 2.33 bits per heavy atom. The van der Waals surface area contributed by atoms with Gasteiger partial charge in [0.25, 0.3) is 0 Å². The fourth-order valence-corrected chi connectivity index (χ4v) is 2.92. The van der Waals surface area contributed by atoms with Crippen molar-refractivity contribution >= 4 is 11.9 Å². The highest BCUT2D eigenvalue weighted by molar-refractivity contribution is 5.82. The van der Waals surface area contributed by atoms with Gasteiger partial charge in [0.1, 0.15) is 5.82 Å². The molecule has 1 nitrogen and oxygen atoms in total. The molecule has 0 fully saturated rings. The molecule has 3 rings (SSSR count). The lowest BCUT2D eigenvalue weighted by Crippen LogP contribution is -1.86. The summed E-state index contributed by atoms with van der Waals surface area (Å²) in [5, 5.41) is 0. The molecule has 136 valence electrons. The van der Waals surface area contributed by atoms with E-state index in [1.807, 2.05) is 56.5 Å². The Morgan fingerprint density at radius 2 is 1.67 bits per heavy atom. The van der Waals surface area contributed by atoms with Crippen molar-refractivity contribution < 1.29 is 4.39 Å². The average Bonchev–Trinajstić information content (AvgIpc) is 2.68. The van der Waals surface area contributed by atoms with Crippen molar-refractivity contribution in [3.8, 4) is 11.1 Å². The number of allylic oxidation sites excluding steroid dienone is 2. The quantitative estimate of drug-likeness (QED) is 0.331. The maximum absolute atomic E-state index is 14.1. The summed E-state index contributed by atoms with van der Waals surface area (Å²) < 4.78 is 14.1. The maximum Gasteiger partial charge on any atom is 0.131 e. The molecule has 3 aromatic carbocycles. The smallest absolute Gasteiger partial charge is 0.131 e. The van der Waals surface area contributed by atoms with Crippen LogP contribution in [0.4, 0.5) is 10.1 Å². The van der Waals surface area contributed by atoms with E-state index in [9.17, 15) is 4.39 Å². The van der Waals surface area contributed by atoms with Gasteiger partial charge in [0.15, 0.2) is 0 Å². The lowest BCUT2D eigenvalue weighted by molar-refractivity contribution is 0.630. The standard InChI is InChI=1S/C25H24FN/c1-3-4-5-6-20-8-10-21(11-9-20)18-27-23-14-12-22(13-15-23)24-16-7-19(2)17-25(24)26/h3-4,7-18H,5-6H2,1-2H3/b4-3+,27-18?. The van der Waals surface area contributed by atoms with Crippen molar-refractivity contribution in [1.29, 1.82) is 0 Å². The number of halogens is 1. The van der Waals surface area contributed by atoms with Crippen LogP contribution in [0.25, 0.3) is 11.1 Å². The Bertz CT molecular complexity index is 935. The molecule has 0 radical (unpaired) electrons. The van der Waals surface area contributed by atoms with Crippen LogP contribution in [0.5, 0.6) is 0 Å². The van der Waals surface area contributed by atoms with E-state index in [1.165, 1.54) is 5.56 Å².